The first-order chi connectivity index (χ1) is 12.9. The van der Waals surface area contributed by atoms with E-state index in [0.717, 1.165) is 36.0 Å². The minimum atomic E-state index is -4.57. The Bertz CT molecular complexity index is 986. The second-order valence-corrected chi connectivity index (χ2v) is 8.46. The lowest BCUT2D eigenvalue weighted by Gasteiger charge is -2.22. The summed E-state index contributed by atoms with van der Waals surface area (Å²) in [6, 6.07) is 0. The van der Waals surface area contributed by atoms with E-state index < -0.39 is 17.3 Å². The third-order valence-electron chi connectivity index (χ3n) is 5.15. The van der Waals surface area contributed by atoms with Crippen molar-refractivity contribution in [1.82, 2.24) is 14.5 Å². The van der Waals surface area contributed by atoms with Crippen LogP contribution in [0.2, 0.25) is 0 Å². The van der Waals surface area contributed by atoms with Crippen LogP contribution in [-0.4, -0.2) is 14.5 Å². The normalized spacial score (nSPS) is 16.3. The van der Waals surface area contributed by atoms with Gasteiger partial charge in [-0.2, -0.15) is 13.2 Å². The molecule has 0 bridgehead atoms. The zero-order valence-corrected chi connectivity index (χ0v) is 16.1. The van der Waals surface area contributed by atoms with Crippen molar-refractivity contribution >= 4 is 32.9 Å². The standard InChI is InChI=1S/C18H18F3N3OS2/c19-18(20,21)12-8-27-16-14(12)17(25)24(7-6-11-4-2-1-3-5-11)15(23-16)13-9-26-10-22-13/h8-11H,1-7H2. The van der Waals surface area contributed by atoms with Crippen LogP contribution >= 0.6 is 22.7 Å². The molecule has 0 spiro atoms. The Morgan fingerprint density at radius 1 is 1.19 bits per heavy atom. The molecule has 3 aromatic heterocycles. The van der Waals surface area contributed by atoms with Crippen molar-refractivity contribution < 1.29 is 13.2 Å². The molecule has 0 saturated heterocycles. The topological polar surface area (TPSA) is 47.8 Å². The second kappa shape index (κ2) is 7.35. The first-order valence-electron chi connectivity index (χ1n) is 8.93. The fraction of sp³-hybridized carbons (Fsp3) is 0.500. The average molecular weight is 413 g/mol. The summed E-state index contributed by atoms with van der Waals surface area (Å²) >= 11 is 2.22. The van der Waals surface area contributed by atoms with Gasteiger partial charge in [-0.25, -0.2) is 9.97 Å². The maximum Gasteiger partial charge on any atom is 0.418 e. The van der Waals surface area contributed by atoms with Crippen LogP contribution < -0.4 is 5.56 Å². The van der Waals surface area contributed by atoms with Gasteiger partial charge in [-0.1, -0.05) is 32.1 Å². The summed E-state index contributed by atoms with van der Waals surface area (Å²) in [4.78, 5) is 21.8. The lowest BCUT2D eigenvalue weighted by Crippen LogP contribution is -2.26. The molecule has 4 nitrogen and oxygen atoms in total. The fourth-order valence-electron chi connectivity index (χ4n) is 3.75. The number of hydrogen-bond acceptors (Lipinski definition) is 5. The predicted octanol–water partition coefficient (Wildman–Crippen LogP) is 5.57. The highest BCUT2D eigenvalue weighted by molar-refractivity contribution is 7.17. The molecule has 9 heteroatoms. The van der Waals surface area contributed by atoms with Gasteiger partial charge in [-0.15, -0.1) is 22.7 Å². The summed E-state index contributed by atoms with van der Waals surface area (Å²) < 4.78 is 41.4. The third-order valence-corrected chi connectivity index (χ3v) is 6.60. The van der Waals surface area contributed by atoms with Crippen molar-refractivity contribution in [3.63, 3.8) is 0 Å². The maximum absolute atomic E-state index is 13.3. The number of rotatable bonds is 4. The summed E-state index contributed by atoms with van der Waals surface area (Å²) in [7, 11) is 0. The van der Waals surface area contributed by atoms with Gasteiger partial charge in [-0.3, -0.25) is 9.36 Å². The lowest BCUT2D eigenvalue weighted by molar-refractivity contribution is -0.136. The zero-order chi connectivity index (χ0) is 19.0. The Balaban J connectivity index is 1.81. The van der Waals surface area contributed by atoms with Gasteiger partial charge >= 0.3 is 6.18 Å². The molecule has 4 rings (SSSR count). The van der Waals surface area contributed by atoms with Crippen LogP contribution in [0.25, 0.3) is 21.7 Å². The van der Waals surface area contributed by atoms with Crippen LogP contribution in [-0.2, 0) is 12.7 Å². The van der Waals surface area contributed by atoms with Crippen molar-refractivity contribution in [2.45, 2.75) is 51.2 Å². The molecule has 1 saturated carbocycles. The van der Waals surface area contributed by atoms with E-state index in [-0.39, 0.29) is 10.2 Å². The highest BCUT2D eigenvalue weighted by Crippen LogP contribution is 2.37. The highest BCUT2D eigenvalue weighted by Gasteiger charge is 2.36. The van der Waals surface area contributed by atoms with Crippen LogP contribution in [0.4, 0.5) is 13.2 Å². The molecule has 3 aromatic rings. The van der Waals surface area contributed by atoms with Crippen molar-refractivity contribution in [1.29, 1.82) is 0 Å². The Labute approximate surface area is 161 Å². The predicted molar refractivity (Wildman–Crippen MR) is 101 cm³/mol. The summed E-state index contributed by atoms with van der Waals surface area (Å²) in [6.45, 7) is 0.368. The van der Waals surface area contributed by atoms with E-state index in [2.05, 4.69) is 9.97 Å². The molecular weight excluding hydrogens is 395 g/mol. The zero-order valence-electron chi connectivity index (χ0n) is 14.5. The van der Waals surface area contributed by atoms with E-state index in [1.165, 1.54) is 35.2 Å². The number of hydrogen-bond donors (Lipinski definition) is 0. The van der Waals surface area contributed by atoms with Gasteiger partial charge in [0.25, 0.3) is 5.56 Å². The Morgan fingerprint density at radius 3 is 2.63 bits per heavy atom. The molecule has 1 aliphatic rings. The van der Waals surface area contributed by atoms with E-state index in [0.29, 0.717) is 24.0 Å². The number of fused-ring (bicyclic) bond motifs is 1. The van der Waals surface area contributed by atoms with Crippen molar-refractivity contribution in [3.05, 3.63) is 32.2 Å². The molecule has 0 atom stereocenters. The molecule has 0 N–H and O–H groups in total. The monoisotopic (exact) mass is 413 g/mol. The molecule has 144 valence electrons. The van der Waals surface area contributed by atoms with Crippen molar-refractivity contribution in [2.24, 2.45) is 5.92 Å². The van der Waals surface area contributed by atoms with Crippen LogP contribution in [0.3, 0.4) is 0 Å². The van der Waals surface area contributed by atoms with Gasteiger partial charge in [0.2, 0.25) is 0 Å². The van der Waals surface area contributed by atoms with Crippen molar-refractivity contribution in [3.8, 4) is 11.5 Å². The van der Waals surface area contributed by atoms with Crippen LogP contribution in [0.15, 0.2) is 21.1 Å². The molecule has 3 heterocycles. The van der Waals surface area contributed by atoms with E-state index in [4.69, 9.17) is 0 Å². The Kier molecular flexibility index (Phi) is 5.07. The number of aromatic nitrogens is 3. The Hall–Kier alpha value is -1.74. The first-order valence-corrected chi connectivity index (χ1v) is 10.7. The van der Waals surface area contributed by atoms with E-state index in [9.17, 15) is 18.0 Å². The lowest BCUT2D eigenvalue weighted by atomic mass is 9.87. The van der Waals surface area contributed by atoms with Gasteiger partial charge in [0, 0.05) is 17.3 Å². The van der Waals surface area contributed by atoms with Crippen LogP contribution in [0.1, 0.15) is 44.1 Å². The minimum Gasteiger partial charge on any atom is -0.291 e. The molecule has 1 aliphatic carbocycles. The third kappa shape index (κ3) is 3.67. The molecule has 0 amide bonds. The molecule has 1 fully saturated rings. The largest absolute Gasteiger partial charge is 0.418 e. The Morgan fingerprint density at radius 2 is 1.96 bits per heavy atom. The van der Waals surface area contributed by atoms with Crippen LogP contribution in [0, 0.1) is 5.92 Å². The SMILES string of the molecule is O=c1c2c(C(F)(F)F)csc2nc(-c2cscn2)n1CCC1CCCCC1. The molecule has 0 aromatic carbocycles. The van der Waals surface area contributed by atoms with E-state index >= 15 is 0 Å². The van der Waals surface area contributed by atoms with Gasteiger partial charge < -0.3 is 0 Å². The smallest absolute Gasteiger partial charge is 0.291 e. The quantitative estimate of drug-likeness (QED) is 0.562. The van der Waals surface area contributed by atoms with E-state index in [1.54, 1.807) is 10.9 Å². The maximum atomic E-state index is 13.3. The molecule has 0 aliphatic heterocycles. The molecule has 0 unspecified atom stereocenters. The van der Waals surface area contributed by atoms with Crippen molar-refractivity contribution in [2.75, 3.05) is 0 Å². The number of thiazole rings is 1. The highest BCUT2D eigenvalue weighted by atomic mass is 32.1. The minimum absolute atomic E-state index is 0.115. The number of nitrogens with zero attached hydrogens (tertiary/aromatic N) is 3. The van der Waals surface area contributed by atoms with Gasteiger partial charge in [0.15, 0.2) is 5.82 Å². The molecular formula is C18H18F3N3OS2. The molecule has 0 radical (unpaired) electrons. The van der Waals surface area contributed by atoms with Gasteiger partial charge in [-0.05, 0) is 12.3 Å². The number of thiophene rings is 1. The second-order valence-electron chi connectivity index (χ2n) is 6.89. The first kappa shape index (κ1) is 18.6. The summed E-state index contributed by atoms with van der Waals surface area (Å²) in [5, 5.41) is 2.42. The number of halogens is 3. The van der Waals surface area contributed by atoms with Gasteiger partial charge in [0.1, 0.15) is 10.5 Å². The van der Waals surface area contributed by atoms with E-state index in [1.807, 2.05) is 0 Å². The summed E-state index contributed by atoms with van der Waals surface area (Å²) in [5.41, 5.74) is 0.653. The van der Waals surface area contributed by atoms with Gasteiger partial charge in [0.05, 0.1) is 16.5 Å². The molecule has 27 heavy (non-hydrogen) atoms. The van der Waals surface area contributed by atoms with Crippen LogP contribution in [0.5, 0.6) is 0 Å². The summed E-state index contributed by atoms with van der Waals surface area (Å²) in [6.07, 6.45) is 2.03. The fourth-order valence-corrected chi connectivity index (χ4v) is 5.21. The number of alkyl halides is 3. The summed E-state index contributed by atoms with van der Waals surface area (Å²) in [5.74, 6) is 0.870. The average Bonchev–Trinajstić information content (AvgIpc) is 3.31.